The molecule has 0 aliphatic rings. The Balaban J connectivity index is 2.76. The summed E-state index contributed by atoms with van der Waals surface area (Å²) in [6, 6.07) is 4.24. The summed E-state index contributed by atoms with van der Waals surface area (Å²) in [7, 11) is 0. The number of rotatable bonds is 3. The van der Waals surface area contributed by atoms with E-state index in [-0.39, 0.29) is 16.8 Å². The van der Waals surface area contributed by atoms with Gasteiger partial charge in [0.25, 0.3) is 0 Å². The molecule has 0 aromatic heterocycles. The Morgan fingerprint density at radius 2 is 2.06 bits per heavy atom. The van der Waals surface area contributed by atoms with Crippen molar-refractivity contribution in [2.45, 2.75) is 19.1 Å². The highest BCUT2D eigenvalue weighted by atomic mass is 35.5. The fourth-order valence-electron chi connectivity index (χ4n) is 1.08. The van der Waals surface area contributed by atoms with Gasteiger partial charge >= 0.3 is 6.18 Å². The van der Waals surface area contributed by atoms with E-state index < -0.39 is 12.8 Å². The van der Waals surface area contributed by atoms with Gasteiger partial charge in [-0.05, 0) is 24.6 Å². The lowest BCUT2D eigenvalue weighted by molar-refractivity contribution is -0.153. The van der Waals surface area contributed by atoms with Crippen molar-refractivity contribution in [2.24, 2.45) is 5.73 Å². The van der Waals surface area contributed by atoms with Gasteiger partial charge in [-0.3, -0.25) is 0 Å². The zero-order valence-corrected chi connectivity index (χ0v) is 9.27. The molecule has 1 atom stereocenters. The molecule has 0 saturated heterocycles. The predicted molar refractivity (Wildman–Crippen MR) is 55.6 cm³/mol. The third kappa shape index (κ3) is 3.90. The van der Waals surface area contributed by atoms with Crippen LogP contribution in [-0.2, 0) is 0 Å². The number of halogens is 4. The first-order valence-corrected chi connectivity index (χ1v) is 4.92. The van der Waals surface area contributed by atoms with Crippen LogP contribution in [0, 0.1) is 0 Å². The van der Waals surface area contributed by atoms with E-state index >= 15 is 0 Å². The van der Waals surface area contributed by atoms with E-state index in [2.05, 4.69) is 4.74 Å². The Labute approximate surface area is 96.1 Å². The smallest absolute Gasteiger partial charge is 0.422 e. The summed E-state index contributed by atoms with van der Waals surface area (Å²) in [5.74, 6) is 0.00314. The van der Waals surface area contributed by atoms with Gasteiger partial charge in [0.1, 0.15) is 5.75 Å². The van der Waals surface area contributed by atoms with E-state index in [0.29, 0.717) is 0 Å². The number of nitrogens with two attached hydrogens (primary N) is 1. The summed E-state index contributed by atoms with van der Waals surface area (Å²) in [6.07, 6.45) is -4.37. The Morgan fingerprint density at radius 3 is 2.50 bits per heavy atom. The fraction of sp³-hybridized carbons (Fsp3) is 0.400. The monoisotopic (exact) mass is 253 g/mol. The molecule has 0 heterocycles. The van der Waals surface area contributed by atoms with Gasteiger partial charge in [-0.25, -0.2) is 0 Å². The SMILES string of the molecule is CC(N)c1ccc(OCC(F)(F)F)c(Cl)c1. The molecule has 90 valence electrons. The summed E-state index contributed by atoms with van der Waals surface area (Å²) in [6.45, 7) is 0.395. The molecule has 2 N–H and O–H groups in total. The van der Waals surface area contributed by atoms with Crippen LogP contribution in [0.2, 0.25) is 5.02 Å². The van der Waals surface area contributed by atoms with Crippen LogP contribution in [0.4, 0.5) is 13.2 Å². The number of ether oxygens (including phenoxy) is 1. The van der Waals surface area contributed by atoms with Gasteiger partial charge in [0.2, 0.25) is 0 Å². The quantitative estimate of drug-likeness (QED) is 0.897. The zero-order chi connectivity index (χ0) is 12.3. The molecule has 0 spiro atoms. The van der Waals surface area contributed by atoms with Crippen LogP contribution >= 0.6 is 11.6 Å². The van der Waals surface area contributed by atoms with Gasteiger partial charge in [0.05, 0.1) is 5.02 Å². The van der Waals surface area contributed by atoms with Crippen molar-refractivity contribution in [1.29, 1.82) is 0 Å². The van der Waals surface area contributed by atoms with Crippen LogP contribution in [0.15, 0.2) is 18.2 Å². The van der Waals surface area contributed by atoms with Gasteiger partial charge in [0.15, 0.2) is 6.61 Å². The van der Waals surface area contributed by atoms with Gasteiger partial charge in [0, 0.05) is 6.04 Å². The largest absolute Gasteiger partial charge is 0.483 e. The summed E-state index contributed by atoms with van der Waals surface area (Å²) in [5.41, 5.74) is 6.34. The molecule has 1 unspecified atom stereocenters. The van der Waals surface area contributed by atoms with E-state index in [0.717, 1.165) is 5.56 Å². The Bertz CT molecular complexity index is 366. The topological polar surface area (TPSA) is 35.2 Å². The third-order valence-corrected chi connectivity index (χ3v) is 2.17. The minimum absolute atomic E-state index is 0.00314. The molecule has 1 aromatic rings. The van der Waals surface area contributed by atoms with Crippen molar-refractivity contribution in [3.63, 3.8) is 0 Å². The number of hydrogen-bond donors (Lipinski definition) is 1. The molecule has 0 aliphatic carbocycles. The van der Waals surface area contributed by atoms with Crippen molar-refractivity contribution in [3.8, 4) is 5.75 Å². The standard InChI is InChI=1S/C10H11ClF3NO/c1-6(15)7-2-3-9(8(11)4-7)16-5-10(12,13)14/h2-4,6H,5,15H2,1H3. The maximum absolute atomic E-state index is 11.9. The lowest BCUT2D eigenvalue weighted by atomic mass is 10.1. The molecular formula is C10H11ClF3NO. The van der Waals surface area contributed by atoms with E-state index in [1.54, 1.807) is 13.0 Å². The molecule has 0 fully saturated rings. The lowest BCUT2D eigenvalue weighted by Gasteiger charge is -2.12. The molecule has 16 heavy (non-hydrogen) atoms. The van der Waals surface area contributed by atoms with E-state index in [1.165, 1.54) is 12.1 Å². The molecule has 2 nitrogen and oxygen atoms in total. The predicted octanol–water partition coefficient (Wildman–Crippen LogP) is 3.30. The third-order valence-electron chi connectivity index (χ3n) is 1.87. The second-order valence-corrected chi connectivity index (χ2v) is 3.79. The van der Waals surface area contributed by atoms with Gasteiger partial charge < -0.3 is 10.5 Å². The Kier molecular flexibility index (Phi) is 4.04. The summed E-state index contributed by atoms with van der Waals surface area (Å²) < 4.78 is 40.2. The van der Waals surface area contributed by atoms with Crippen LogP contribution in [0.1, 0.15) is 18.5 Å². The molecule has 0 aliphatic heterocycles. The molecule has 0 bridgehead atoms. The van der Waals surface area contributed by atoms with Crippen LogP contribution in [0.3, 0.4) is 0 Å². The van der Waals surface area contributed by atoms with Crippen molar-refractivity contribution in [3.05, 3.63) is 28.8 Å². The number of alkyl halides is 3. The molecule has 0 saturated carbocycles. The first kappa shape index (κ1) is 13.1. The molecule has 0 radical (unpaired) electrons. The second kappa shape index (κ2) is 4.93. The normalized spacial score (nSPS) is 13.6. The zero-order valence-electron chi connectivity index (χ0n) is 8.51. The highest BCUT2D eigenvalue weighted by molar-refractivity contribution is 6.32. The molecule has 0 amide bonds. The van der Waals surface area contributed by atoms with Crippen LogP contribution in [0.5, 0.6) is 5.75 Å². The molecule has 1 aromatic carbocycles. The van der Waals surface area contributed by atoms with E-state index in [1.807, 2.05) is 0 Å². The summed E-state index contributed by atoms with van der Waals surface area (Å²) in [5, 5.41) is 0.124. The minimum Gasteiger partial charge on any atom is -0.483 e. The van der Waals surface area contributed by atoms with Crippen molar-refractivity contribution >= 4 is 11.6 Å². The lowest BCUT2D eigenvalue weighted by Crippen LogP contribution is -2.19. The average molecular weight is 254 g/mol. The average Bonchev–Trinajstić information content (AvgIpc) is 2.14. The highest BCUT2D eigenvalue weighted by Crippen LogP contribution is 2.28. The minimum atomic E-state index is -4.37. The van der Waals surface area contributed by atoms with Crippen molar-refractivity contribution < 1.29 is 17.9 Å². The Hall–Kier alpha value is -0.940. The molecular weight excluding hydrogens is 243 g/mol. The van der Waals surface area contributed by atoms with Crippen LogP contribution in [0.25, 0.3) is 0 Å². The van der Waals surface area contributed by atoms with E-state index in [9.17, 15) is 13.2 Å². The van der Waals surface area contributed by atoms with Crippen molar-refractivity contribution in [1.82, 2.24) is 0 Å². The first-order chi connectivity index (χ1) is 7.29. The summed E-state index contributed by atoms with van der Waals surface area (Å²) >= 11 is 5.75. The van der Waals surface area contributed by atoms with Crippen LogP contribution < -0.4 is 10.5 Å². The first-order valence-electron chi connectivity index (χ1n) is 4.54. The highest BCUT2D eigenvalue weighted by Gasteiger charge is 2.28. The maximum Gasteiger partial charge on any atom is 0.422 e. The van der Waals surface area contributed by atoms with Gasteiger partial charge in [-0.15, -0.1) is 0 Å². The molecule has 6 heteroatoms. The second-order valence-electron chi connectivity index (χ2n) is 3.38. The van der Waals surface area contributed by atoms with Gasteiger partial charge in [-0.1, -0.05) is 17.7 Å². The number of hydrogen-bond acceptors (Lipinski definition) is 2. The van der Waals surface area contributed by atoms with Crippen LogP contribution in [-0.4, -0.2) is 12.8 Å². The Morgan fingerprint density at radius 1 is 1.44 bits per heavy atom. The maximum atomic E-state index is 11.9. The van der Waals surface area contributed by atoms with Gasteiger partial charge in [-0.2, -0.15) is 13.2 Å². The summed E-state index contributed by atoms with van der Waals surface area (Å²) in [4.78, 5) is 0. The van der Waals surface area contributed by atoms with E-state index in [4.69, 9.17) is 17.3 Å². The van der Waals surface area contributed by atoms with Crippen molar-refractivity contribution in [2.75, 3.05) is 6.61 Å². The fourth-order valence-corrected chi connectivity index (χ4v) is 1.32. The molecule has 1 rings (SSSR count). The number of benzene rings is 1.